The zero-order valence-electron chi connectivity index (χ0n) is 13.6. The summed E-state index contributed by atoms with van der Waals surface area (Å²) in [6, 6.07) is 12.5. The zero-order valence-corrected chi connectivity index (χ0v) is 14.3. The number of rotatable bonds is 3. The predicted molar refractivity (Wildman–Crippen MR) is 98.6 cm³/mol. The van der Waals surface area contributed by atoms with E-state index in [2.05, 4.69) is 25.0 Å². The third-order valence-electron chi connectivity index (χ3n) is 4.03. The molecule has 4 rings (SSSR count). The first-order valence-electron chi connectivity index (χ1n) is 7.77. The number of benzene rings is 2. The first kappa shape index (κ1) is 16.2. The summed E-state index contributed by atoms with van der Waals surface area (Å²) >= 11 is 6.03. The minimum absolute atomic E-state index is 0.181. The fourth-order valence-corrected chi connectivity index (χ4v) is 2.96. The molecule has 0 atom stereocenters. The predicted octanol–water partition coefficient (Wildman–Crippen LogP) is 3.73. The van der Waals surface area contributed by atoms with Crippen molar-refractivity contribution < 1.29 is 9.32 Å². The van der Waals surface area contributed by atoms with E-state index in [0.29, 0.717) is 22.0 Å². The van der Waals surface area contributed by atoms with Crippen LogP contribution in [0.15, 0.2) is 51.8 Å². The van der Waals surface area contributed by atoms with Crippen LogP contribution in [0.5, 0.6) is 0 Å². The molecule has 0 aliphatic carbocycles. The van der Waals surface area contributed by atoms with Crippen molar-refractivity contribution in [2.24, 2.45) is 0 Å². The van der Waals surface area contributed by atoms with E-state index in [1.54, 1.807) is 24.3 Å². The second kappa shape index (κ2) is 6.20. The van der Waals surface area contributed by atoms with Gasteiger partial charge >= 0.3 is 5.76 Å². The van der Waals surface area contributed by atoms with Crippen molar-refractivity contribution in [3.8, 4) is 11.4 Å². The largest absolute Gasteiger partial charge is 0.439 e. The Morgan fingerprint density at radius 3 is 2.77 bits per heavy atom. The fourth-order valence-electron chi connectivity index (χ4n) is 2.79. The Morgan fingerprint density at radius 2 is 2.04 bits per heavy atom. The van der Waals surface area contributed by atoms with Crippen LogP contribution in [0.3, 0.4) is 0 Å². The van der Waals surface area contributed by atoms with Gasteiger partial charge in [-0.3, -0.25) is 14.3 Å². The lowest BCUT2D eigenvalue weighted by Crippen LogP contribution is -2.13. The topological polar surface area (TPSA) is 104 Å². The van der Waals surface area contributed by atoms with E-state index in [1.165, 1.54) is 0 Å². The number of fused-ring (bicyclic) bond motifs is 1. The number of carbonyl (C=O) groups is 1. The van der Waals surface area contributed by atoms with Crippen LogP contribution in [0.1, 0.15) is 16.1 Å². The van der Waals surface area contributed by atoms with Gasteiger partial charge in [0.2, 0.25) is 0 Å². The summed E-state index contributed by atoms with van der Waals surface area (Å²) < 4.78 is 4.53. The standard InChI is InChI=1S/C18H13ClN4O3/c1-9-3-2-4-10-7-14(20-15(9)10)17(24)21-13-6-5-11(19)8-12(13)16-22-18(25)26-23-16/h2-8,20H,1H3,(H,21,24)(H,22,23,25). The molecule has 0 fully saturated rings. The van der Waals surface area contributed by atoms with Gasteiger partial charge in [0.15, 0.2) is 5.82 Å². The van der Waals surface area contributed by atoms with E-state index >= 15 is 0 Å². The maximum atomic E-state index is 12.7. The fraction of sp³-hybridized carbons (Fsp3) is 0.0556. The maximum absolute atomic E-state index is 12.7. The normalized spacial score (nSPS) is 11.0. The highest BCUT2D eigenvalue weighted by molar-refractivity contribution is 6.31. The molecule has 0 aliphatic heterocycles. The summed E-state index contributed by atoms with van der Waals surface area (Å²) in [5, 5.41) is 7.85. The first-order chi connectivity index (χ1) is 12.5. The summed E-state index contributed by atoms with van der Waals surface area (Å²) in [6.07, 6.45) is 0. The molecule has 3 N–H and O–H groups in total. The number of anilines is 1. The van der Waals surface area contributed by atoms with Crippen LogP contribution >= 0.6 is 11.6 Å². The van der Waals surface area contributed by atoms with Gasteiger partial charge in [0.05, 0.1) is 5.69 Å². The van der Waals surface area contributed by atoms with Crippen molar-refractivity contribution in [2.75, 3.05) is 5.32 Å². The summed E-state index contributed by atoms with van der Waals surface area (Å²) in [6.45, 7) is 1.97. The molecular weight excluding hydrogens is 356 g/mol. The van der Waals surface area contributed by atoms with E-state index in [0.717, 1.165) is 16.5 Å². The van der Waals surface area contributed by atoms with Gasteiger partial charge in [-0.2, -0.15) is 0 Å². The number of para-hydroxylation sites is 1. The maximum Gasteiger partial charge on any atom is 0.439 e. The Balaban J connectivity index is 1.71. The Morgan fingerprint density at radius 1 is 1.19 bits per heavy atom. The molecule has 1 amide bonds. The molecule has 0 saturated heterocycles. The summed E-state index contributed by atoms with van der Waals surface area (Å²) in [5.41, 5.74) is 3.27. The smallest absolute Gasteiger partial charge is 0.350 e. The van der Waals surface area contributed by atoms with Gasteiger partial charge in [-0.15, -0.1) is 0 Å². The molecule has 0 spiro atoms. The number of hydrogen-bond acceptors (Lipinski definition) is 4. The second-order valence-electron chi connectivity index (χ2n) is 5.81. The average molecular weight is 369 g/mol. The molecule has 2 aromatic heterocycles. The molecule has 0 saturated carbocycles. The summed E-state index contributed by atoms with van der Waals surface area (Å²) in [4.78, 5) is 29.5. The number of aromatic nitrogens is 3. The molecule has 0 bridgehead atoms. The van der Waals surface area contributed by atoms with Crippen LogP contribution < -0.4 is 11.1 Å². The molecule has 0 unspecified atom stereocenters. The number of amides is 1. The molecular formula is C18H13ClN4O3. The van der Waals surface area contributed by atoms with Gasteiger partial charge in [-0.05, 0) is 36.8 Å². The van der Waals surface area contributed by atoms with Gasteiger partial charge in [0.1, 0.15) is 5.69 Å². The number of nitrogens with one attached hydrogen (secondary N) is 3. The molecule has 2 heterocycles. The molecule has 2 aromatic carbocycles. The zero-order chi connectivity index (χ0) is 18.3. The van der Waals surface area contributed by atoms with Crippen molar-refractivity contribution in [3.05, 3.63) is 69.3 Å². The number of aromatic amines is 2. The number of hydrogen-bond donors (Lipinski definition) is 3. The molecule has 8 heteroatoms. The highest BCUT2D eigenvalue weighted by Gasteiger charge is 2.16. The van der Waals surface area contributed by atoms with E-state index in [-0.39, 0.29) is 11.7 Å². The Hall–Kier alpha value is -3.32. The van der Waals surface area contributed by atoms with Crippen molar-refractivity contribution in [1.82, 2.24) is 15.1 Å². The van der Waals surface area contributed by atoms with Crippen molar-refractivity contribution in [2.45, 2.75) is 6.92 Å². The van der Waals surface area contributed by atoms with E-state index in [4.69, 9.17) is 11.6 Å². The number of nitrogens with zero attached hydrogens (tertiary/aromatic N) is 1. The Bertz CT molecular complexity index is 1190. The summed E-state index contributed by atoms with van der Waals surface area (Å²) in [7, 11) is 0. The highest BCUT2D eigenvalue weighted by atomic mass is 35.5. The van der Waals surface area contributed by atoms with Crippen LogP contribution in [-0.4, -0.2) is 21.0 Å². The van der Waals surface area contributed by atoms with Gasteiger partial charge in [-0.25, -0.2) is 4.79 Å². The van der Waals surface area contributed by atoms with Gasteiger partial charge in [0.25, 0.3) is 5.91 Å². The van der Waals surface area contributed by atoms with Crippen LogP contribution in [0, 0.1) is 6.92 Å². The van der Waals surface area contributed by atoms with E-state index in [1.807, 2.05) is 25.1 Å². The van der Waals surface area contributed by atoms with Crippen molar-refractivity contribution >= 4 is 34.1 Å². The number of halogens is 1. The SMILES string of the molecule is Cc1cccc2cc(C(=O)Nc3ccc(Cl)cc3-c3noc(=O)[nH]3)[nH]c12. The Labute approximate surface area is 152 Å². The number of H-pyrrole nitrogens is 2. The lowest BCUT2D eigenvalue weighted by molar-refractivity contribution is 0.102. The van der Waals surface area contributed by atoms with Crippen molar-refractivity contribution in [3.63, 3.8) is 0 Å². The number of carbonyl (C=O) groups excluding carboxylic acids is 1. The second-order valence-corrected chi connectivity index (χ2v) is 6.25. The van der Waals surface area contributed by atoms with Crippen LogP contribution in [0.4, 0.5) is 5.69 Å². The third kappa shape index (κ3) is 2.89. The van der Waals surface area contributed by atoms with Gasteiger partial charge in [-0.1, -0.05) is 35.0 Å². The number of aryl methyl sites for hydroxylation is 1. The minimum atomic E-state index is -0.691. The molecule has 0 radical (unpaired) electrons. The van der Waals surface area contributed by atoms with Crippen molar-refractivity contribution in [1.29, 1.82) is 0 Å². The third-order valence-corrected chi connectivity index (χ3v) is 4.27. The lowest BCUT2D eigenvalue weighted by atomic mass is 10.1. The van der Waals surface area contributed by atoms with Gasteiger partial charge in [0, 0.05) is 21.5 Å². The lowest BCUT2D eigenvalue weighted by Gasteiger charge is -2.08. The molecule has 0 aliphatic rings. The average Bonchev–Trinajstić information content (AvgIpc) is 3.23. The van der Waals surface area contributed by atoms with Crippen LogP contribution in [0.25, 0.3) is 22.3 Å². The van der Waals surface area contributed by atoms with Gasteiger partial charge < -0.3 is 10.3 Å². The molecule has 130 valence electrons. The monoisotopic (exact) mass is 368 g/mol. The van der Waals surface area contributed by atoms with Crippen LogP contribution in [-0.2, 0) is 0 Å². The molecule has 7 nitrogen and oxygen atoms in total. The quantitative estimate of drug-likeness (QED) is 0.512. The van der Waals surface area contributed by atoms with E-state index < -0.39 is 5.76 Å². The molecule has 4 aromatic rings. The molecule has 26 heavy (non-hydrogen) atoms. The summed E-state index contributed by atoms with van der Waals surface area (Å²) in [5.74, 6) is -0.835. The Kier molecular flexibility index (Phi) is 3.85. The van der Waals surface area contributed by atoms with E-state index in [9.17, 15) is 9.59 Å². The highest BCUT2D eigenvalue weighted by Crippen LogP contribution is 2.29. The first-order valence-corrected chi connectivity index (χ1v) is 8.14. The van der Waals surface area contributed by atoms with Crippen LogP contribution in [0.2, 0.25) is 5.02 Å². The minimum Gasteiger partial charge on any atom is -0.350 e.